The van der Waals surface area contributed by atoms with E-state index < -0.39 is 0 Å². The van der Waals surface area contributed by atoms with Crippen LogP contribution >= 0.6 is 0 Å². The summed E-state index contributed by atoms with van der Waals surface area (Å²) in [6.45, 7) is 9.33. The molecule has 0 radical (unpaired) electrons. The Kier molecular flexibility index (Phi) is 4.19. The Morgan fingerprint density at radius 3 is 1.55 bits per heavy atom. The molecule has 8 atom stereocenters. The van der Waals surface area contributed by atoms with Gasteiger partial charge in [-0.25, -0.2) is 0 Å². The number of anilines is 2. The Morgan fingerprint density at radius 1 is 0.643 bits per heavy atom. The third-order valence-corrected chi connectivity index (χ3v) is 13.9. The Morgan fingerprint density at radius 2 is 1.10 bits per heavy atom. The quantitative estimate of drug-likeness (QED) is 0.365. The van der Waals surface area contributed by atoms with Gasteiger partial charge in [0.2, 0.25) is 0 Å². The zero-order valence-corrected chi connectivity index (χ0v) is 24.8. The minimum Gasteiger partial charge on any atom is -0.339 e. The van der Waals surface area contributed by atoms with E-state index in [0.29, 0.717) is 36.0 Å². The highest BCUT2D eigenvalue weighted by atomic mass is 15.3. The van der Waals surface area contributed by atoms with Crippen LogP contribution in [0.2, 0.25) is 0 Å². The number of allylic oxidation sites excluding steroid dienone is 2. The molecule has 2 saturated carbocycles. The van der Waals surface area contributed by atoms with E-state index in [-0.39, 0.29) is 10.8 Å². The average molecular weight is 553 g/mol. The van der Waals surface area contributed by atoms with Crippen LogP contribution in [-0.2, 0) is 10.8 Å². The van der Waals surface area contributed by atoms with Crippen molar-refractivity contribution in [1.29, 1.82) is 0 Å². The van der Waals surface area contributed by atoms with Crippen LogP contribution in [0.15, 0.2) is 95.4 Å². The van der Waals surface area contributed by atoms with Crippen LogP contribution in [0.1, 0.15) is 50.7 Å². The molecule has 9 aliphatic rings. The lowest BCUT2D eigenvalue weighted by Crippen LogP contribution is -2.63. The van der Waals surface area contributed by atoms with Crippen LogP contribution in [0.25, 0.3) is 0 Å². The Labute approximate surface area is 249 Å². The molecule has 0 N–H and O–H groups in total. The first-order valence-corrected chi connectivity index (χ1v) is 16.7. The summed E-state index contributed by atoms with van der Waals surface area (Å²) >= 11 is 0. The maximum absolute atomic E-state index is 2.86. The zero-order valence-electron chi connectivity index (χ0n) is 24.8. The van der Waals surface area contributed by atoms with Gasteiger partial charge in [-0.2, -0.15) is 0 Å². The lowest BCUT2D eigenvalue weighted by molar-refractivity contribution is 0.122. The Bertz CT molecular complexity index is 1590. The fourth-order valence-electron chi connectivity index (χ4n) is 12.5. The van der Waals surface area contributed by atoms with Crippen LogP contribution in [0.3, 0.4) is 0 Å². The molecule has 4 bridgehead atoms. The first kappa shape index (κ1) is 23.4. The van der Waals surface area contributed by atoms with Gasteiger partial charge < -0.3 is 9.80 Å². The molecular weight excluding hydrogens is 512 g/mol. The van der Waals surface area contributed by atoms with Gasteiger partial charge in [-0.05, 0) is 87.0 Å². The maximum atomic E-state index is 2.86. The van der Waals surface area contributed by atoms with Crippen LogP contribution in [0, 0.1) is 11.8 Å². The molecule has 42 heavy (non-hydrogen) atoms. The molecule has 0 aromatic heterocycles. The van der Waals surface area contributed by atoms with Crippen molar-refractivity contribution in [2.24, 2.45) is 11.8 Å². The van der Waals surface area contributed by atoms with Crippen LogP contribution in [0.4, 0.5) is 11.4 Å². The van der Waals surface area contributed by atoms with Crippen LogP contribution in [0.5, 0.6) is 0 Å². The number of benzene rings is 2. The summed E-state index contributed by atoms with van der Waals surface area (Å²) in [7, 11) is 0. The molecule has 0 amide bonds. The molecule has 2 spiro atoms. The van der Waals surface area contributed by atoms with Crippen molar-refractivity contribution >= 4 is 11.4 Å². The Balaban J connectivity index is 1.25. The number of piperidine rings is 2. The number of nitrogens with zero attached hydrogens (tertiary/aromatic N) is 4. The van der Waals surface area contributed by atoms with Gasteiger partial charge in [-0.1, -0.05) is 59.7 Å². The normalized spacial score (nSPS) is 46.0. The molecule has 11 rings (SSSR count). The van der Waals surface area contributed by atoms with Gasteiger partial charge >= 0.3 is 0 Å². The number of rotatable bonds is 0. The van der Waals surface area contributed by atoms with E-state index in [1.165, 1.54) is 50.1 Å². The number of hydrogen-bond donors (Lipinski definition) is 0. The van der Waals surface area contributed by atoms with Crippen molar-refractivity contribution in [1.82, 2.24) is 9.80 Å². The maximum Gasteiger partial charge on any atom is 0.0681 e. The molecule has 2 aromatic rings. The highest BCUT2D eigenvalue weighted by Gasteiger charge is 2.69. The summed E-state index contributed by atoms with van der Waals surface area (Å²) < 4.78 is 0. The summed E-state index contributed by atoms with van der Waals surface area (Å²) in [4.78, 5) is 11.4. The van der Waals surface area contributed by atoms with Gasteiger partial charge in [-0.15, -0.1) is 0 Å². The van der Waals surface area contributed by atoms with Crippen molar-refractivity contribution in [3.8, 4) is 0 Å². The minimum absolute atomic E-state index is 0.177. The predicted molar refractivity (Wildman–Crippen MR) is 169 cm³/mol. The third kappa shape index (κ3) is 2.33. The van der Waals surface area contributed by atoms with E-state index >= 15 is 0 Å². The standard InChI is InChI=1S/C38H40N4/c1-3-23-19-39-15-13-37-29-9-5-8-12-32(29)42-22-28-26-18-34-38(14-16-40(34)20-24(26)4-2)30-10-6-7-11-31(30)41(36(28)38)21-27(35(37)42)25(23)17-33(37)39/h3-12,21-22,25-26,33-36H,13-20H2,1-2H3/b23-3-,24-4-,27-21-,28-22-. The zero-order chi connectivity index (χ0) is 27.5. The third-order valence-electron chi connectivity index (χ3n) is 13.9. The topological polar surface area (TPSA) is 13.0 Å². The van der Waals surface area contributed by atoms with Crippen molar-refractivity contribution in [2.45, 2.75) is 74.5 Å². The van der Waals surface area contributed by atoms with Gasteiger partial charge in [-0.3, -0.25) is 9.80 Å². The first-order chi connectivity index (χ1) is 20.7. The van der Waals surface area contributed by atoms with E-state index in [9.17, 15) is 0 Å². The lowest BCUT2D eigenvalue weighted by Gasteiger charge is -2.57. The SMILES string of the molecule is C/C=C1/CN2CCC34c5ccccc5N5/C=C6/C7CC8N(CCC89c8ccccc8N(/C=C(/C1CC23)C54)C69)C/C7=C/C. The average Bonchev–Trinajstić information content (AvgIpc) is 3.75. The molecule has 4 saturated heterocycles. The van der Waals surface area contributed by atoms with E-state index in [1.54, 1.807) is 33.4 Å². The molecule has 8 unspecified atom stereocenters. The molecular formula is C38H40N4. The molecule has 7 heterocycles. The lowest BCUT2D eigenvalue weighted by atomic mass is 9.56. The minimum atomic E-state index is 0.177. The molecule has 212 valence electrons. The fraction of sp³-hybridized carbons (Fsp3) is 0.474. The number of fused-ring (bicyclic) bond motifs is 8. The summed E-state index contributed by atoms with van der Waals surface area (Å²) in [6.07, 6.45) is 15.5. The number of hydrogen-bond acceptors (Lipinski definition) is 4. The number of para-hydroxylation sites is 2. The second kappa shape index (κ2) is 7.52. The highest BCUT2D eigenvalue weighted by Crippen LogP contribution is 2.67. The highest BCUT2D eigenvalue weighted by molar-refractivity contribution is 5.77. The van der Waals surface area contributed by atoms with Gasteiger partial charge in [0.25, 0.3) is 0 Å². The second-order valence-corrected chi connectivity index (χ2v) is 14.8. The van der Waals surface area contributed by atoms with Gasteiger partial charge in [0.1, 0.15) is 0 Å². The molecule has 4 heteroatoms. The monoisotopic (exact) mass is 552 g/mol. The first-order valence-electron chi connectivity index (χ1n) is 16.7. The van der Waals surface area contributed by atoms with E-state index in [1.807, 2.05) is 0 Å². The fourth-order valence-corrected chi connectivity index (χ4v) is 12.5. The van der Waals surface area contributed by atoms with E-state index in [2.05, 4.69) is 107 Å². The summed E-state index contributed by atoms with van der Waals surface area (Å²) in [6, 6.07) is 21.2. The van der Waals surface area contributed by atoms with E-state index in [4.69, 9.17) is 0 Å². The van der Waals surface area contributed by atoms with Gasteiger partial charge in [0, 0.05) is 71.6 Å². The second-order valence-electron chi connectivity index (χ2n) is 14.8. The smallest absolute Gasteiger partial charge is 0.0681 e. The van der Waals surface area contributed by atoms with Crippen molar-refractivity contribution in [3.63, 3.8) is 0 Å². The van der Waals surface area contributed by atoms with Gasteiger partial charge in [0.15, 0.2) is 0 Å². The van der Waals surface area contributed by atoms with Crippen LogP contribution in [-0.4, -0.2) is 60.1 Å². The summed E-state index contributed by atoms with van der Waals surface area (Å²) in [5.41, 5.74) is 13.3. The molecule has 6 fully saturated rings. The largest absolute Gasteiger partial charge is 0.339 e. The van der Waals surface area contributed by atoms with E-state index in [0.717, 1.165) is 13.1 Å². The molecule has 7 aliphatic heterocycles. The van der Waals surface area contributed by atoms with Crippen LogP contribution < -0.4 is 9.80 Å². The predicted octanol–water partition coefficient (Wildman–Crippen LogP) is 6.13. The summed E-state index contributed by atoms with van der Waals surface area (Å²) in [5, 5.41) is 0. The molecule has 4 nitrogen and oxygen atoms in total. The van der Waals surface area contributed by atoms with Crippen molar-refractivity contribution in [3.05, 3.63) is 107 Å². The van der Waals surface area contributed by atoms with Crippen molar-refractivity contribution in [2.75, 3.05) is 36.0 Å². The molecule has 2 aliphatic carbocycles. The van der Waals surface area contributed by atoms with Gasteiger partial charge in [0.05, 0.1) is 12.1 Å². The Hall–Kier alpha value is -3.08. The van der Waals surface area contributed by atoms with Crippen molar-refractivity contribution < 1.29 is 0 Å². The molecule has 2 aromatic carbocycles. The summed E-state index contributed by atoms with van der Waals surface area (Å²) in [5.74, 6) is 1.08.